The summed E-state index contributed by atoms with van der Waals surface area (Å²) in [4.78, 5) is 18.6. The Morgan fingerprint density at radius 3 is 2.79 bits per heavy atom. The van der Waals surface area contributed by atoms with Crippen molar-refractivity contribution in [1.82, 2.24) is 10.6 Å². The van der Waals surface area contributed by atoms with Crippen LogP contribution in [0.1, 0.15) is 19.8 Å². The van der Waals surface area contributed by atoms with E-state index in [1.54, 1.807) is 7.11 Å². The summed E-state index contributed by atoms with van der Waals surface area (Å²) in [5.74, 6) is 0.903. The van der Waals surface area contributed by atoms with Gasteiger partial charge in [0.25, 0.3) is 0 Å². The van der Waals surface area contributed by atoms with Crippen molar-refractivity contribution in [1.29, 1.82) is 0 Å². The third kappa shape index (κ3) is 6.27. The zero-order valence-electron chi connectivity index (χ0n) is 14.3. The van der Waals surface area contributed by atoms with E-state index in [0.29, 0.717) is 26.1 Å². The Balaban J connectivity index is 0.00000288. The molecule has 2 N–H and O–H groups in total. The summed E-state index contributed by atoms with van der Waals surface area (Å²) in [6.07, 6.45) is 1.37. The molecular formula is C17H27IN4O2. The van der Waals surface area contributed by atoms with E-state index in [-0.39, 0.29) is 35.9 Å². The number of nitrogens with one attached hydrogen (secondary N) is 2. The SMILES string of the molecule is CCNC(=NCCCOC)NC1CC(=O)N(c2ccccc2)C1.I. The van der Waals surface area contributed by atoms with Gasteiger partial charge in [-0.25, -0.2) is 0 Å². The van der Waals surface area contributed by atoms with Crippen molar-refractivity contribution in [2.45, 2.75) is 25.8 Å². The minimum atomic E-state index is 0. The number of halogens is 1. The lowest BCUT2D eigenvalue weighted by atomic mass is 10.2. The van der Waals surface area contributed by atoms with Crippen LogP contribution in [0.2, 0.25) is 0 Å². The lowest BCUT2D eigenvalue weighted by molar-refractivity contribution is -0.117. The first-order chi connectivity index (χ1) is 11.2. The topological polar surface area (TPSA) is 66.0 Å². The van der Waals surface area contributed by atoms with Gasteiger partial charge in [-0.05, 0) is 25.5 Å². The van der Waals surface area contributed by atoms with Crippen LogP contribution in [0.4, 0.5) is 5.69 Å². The molecule has 2 rings (SSSR count). The highest BCUT2D eigenvalue weighted by Crippen LogP contribution is 2.20. The van der Waals surface area contributed by atoms with Crippen molar-refractivity contribution in [3.63, 3.8) is 0 Å². The number of anilines is 1. The van der Waals surface area contributed by atoms with Crippen LogP contribution in [0.3, 0.4) is 0 Å². The van der Waals surface area contributed by atoms with E-state index in [1.165, 1.54) is 0 Å². The first kappa shape index (κ1) is 20.7. The molecule has 0 saturated carbocycles. The number of para-hydroxylation sites is 1. The molecule has 1 aliphatic rings. The Morgan fingerprint density at radius 2 is 2.12 bits per heavy atom. The van der Waals surface area contributed by atoms with Crippen molar-refractivity contribution < 1.29 is 9.53 Å². The largest absolute Gasteiger partial charge is 0.385 e. The molecule has 0 aliphatic carbocycles. The fraction of sp³-hybridized carbons (Fsp3) is 0.529. The number of nitrogens with zero attached hydrogens (tertiary/aromatic N) is 2. The third-order valence-electron chi connectivity index (χ3n) is 3.65. The minimum Gasteiger partial charge on any atom is -0.385 e. The average molecular weight is 446 g/mol. The molecule has 0 bridgehead atoms. The van der Waals surface area contributed by atoms with Crippen LogP contribution in [-0.2, 0) is 9.53 Å². The lowest BCUT2D eigenvalue weighted by Crippen LogP contribution is -2.44. The Labute approximate surface area is 161 Å². The fourth-order valence-corrected chi connectivity index (χ4v) is 2.57. The smallest absolute Gasteiger partial charge is 0.229 e. The monoisotopic (exact) mass is 446 g/mol. The highest BCUT2D eigenvalue weighted by molar-refractivity contribution is 14.0. The summed E-state index contributed by atoms with van der Waals surface area (Å²) < 4.78 is 5.03. The first-order valence-corrected chi connectivity index (χ1v) is 8.13. The Bertz CT molecular complexity index is 525. The molecule has 1 heterocycles. The Hall–Kier alpha value is -1.35. The molecule has 1 saturated heterocycles. The first-order valence-electron chi connectivity index (χ1n) is 8.13. The fourth-order valence-electron chi connectivity index (χ4n) is 2.57. The van der Waals surface area contributed by atoms with Gasteiger partial charge in [0.05, 0.1) is 6.04 Å². The number of rotatable bonds is 7. The molecule has 1 fully saturated rings. The molecule has 1 amide bonds. The van der Waals surface area contributed by atoms with Gasteiger partial charge in [-0.3, -0.25) is 9.79 Å². The number of ether oxygens (including phenoxy) is 1. The minimum absolute atomic E-state index is 0. The van der Waals surface area contributed by atoms with Gasteiger partial charge in [-0.15, -0.1) is 24.0 Å². The molecule has 1 aliphatic heterocycles. The summed E-state index contributed by atoms with van der Waals surface area (Å²) in [5, 5.41) is 6.58. The van der Waals surface area contributed by atoms with Crippen molar-refractivity contribution in [3.8, 4) is 0 Å². The van der Waals surface area contributed by atoms with E-state index >= 15 is 0 Å². The molecule has 6 nitrogen and oxygen atoms in total. The molecule has 134 valence electrons. The van der Waals surface area contributed by atoms with Crippen LogP contribution in [0.5, 0.6) is 0 Å². The molecule has 24 heavy (non-hydrogen) atoms. The second-order valence-corrected chi connectivity index (χ2v) is 5.49. The average Bonchev–Trinajstić information content (AvgIpc) is 2.93. The number of benzene rings is 1. The molecule has 1 aromatic rings. The molecule has 0 spiro atoms. The highest BCUT2D eigenvalue weighted by atomic mass is 127. The molecule has 1 aromatic carbocycles. The summed E-state index contributed by atoms with van der Waals surface area (Å²) in [6.45, 7) is 4.88. The maximum Gasteiger partial charge on any atom is 0.229 e. The number of aliphatic imine (C=N–C) groups is 1. The lowest BCUT2D eigenvalue weighted by Gasteiger charge is -2.19. The van der Waals surface area contributed by atoms with Gasteiger partial charge < -0.3 is 20.3 Å². The quantitative estimate of drug-likeness (QED) is 0.291. The van der Waals surface area contributed by atoms with E-state index in [0.717, 1.165) is 24.6 Å². The predicted molar refractivity (Wildman–Crippen MR) is 108 cm³/mol. The van der Waals surface area contributed by atoms with Crippen molar-refractivity contribution in [3.05, 3.63) is 30.3 Å². The number of hydrogen-bond acceptors (Lipinski definition) is 3. The number of methoxy groups -OCH3 is 1. The summed E-state index contributed by atoms with van der Waals surface area (Å²) in [7, 11) is 1.69. The highest BCUT2D eigenvalue weighted by Gasteiger charge is 2.30. The maximum atomic E-state index is 12.2. The molecule has 0 aromatic heterocycles. The van der Waals surface area contributed by atoms with E-state index in [1.807, 2.05) is 42.2 Å². The zero-order chi connectivity index (χ0) is 16.5. The van der Waals surface area contributed by atoms with Crippen LogP contribution >= 0.6 is 24.0 Å². The van der Waals surface area contributed by atoms with E-state index in [4.69, 9.17) is 4.74 Å². The number of carbonyl (C=O) groups is 1. The molecule has 1 unspecified atom stereocenters. The molecular weight excluding hydrogens is 419 g/mol. The van der Waals surface area contributed by atoms with E-state index in [2.05, 4.69) is 15.6 Å². The second-order valence-electron chi connectivity index (χ2n) is 5.49. The van der Waals surface area contributed by atoms with Crippen LogP contribution in [-0.4, -0.2) is 51.3 Å². The number of amides is 1. The van der Waals surface area contributed by atoms with Crippen LogP contribution in [0.25, 0.3) is 0 Å². The van der Waals surface area contributed by atoms with Gasteiger partial charge in [0.15, 0.2) is 5.96 Å². The van der Waals surface area contributed by atoms with E-state index < -0.39 is 0 Å². The number of hydrogen-bond donors (Lipinski definition) is 2. The molecule has 0 radical (unpaired) electrons. The zero-order valence-corrected chi connectivity index (χ0v) is 16.7. The van der Waals surface area contributed by atoms with Gasteiger partial charge in [-0.1, -0.05) is 18.2 Å². The summed E-state index contributed by atoms with van der Waals surface area (Å²) in [5.41, 5.74) is 0.948. The van der Waals surface area contributed by atoms with Crippen molar-refractivity contribution >= 4 is 41.5 Å². The normalized spacial score (nSPS) is 17.6. The third-order valence-corrected chi connectivity index (χ3v) is 3.65. The van der Waals surface area contributed by atoms with Crippen LogP contribution in [0, 0.1) is 0 Å². The summed E-state index contributed by atoms with van der Waals surface area (Å²) >= 11 is 0. The van der Waals surface area contributed by atoms with Crippen molar-refractivity contribution in [2.75, 3.05) is 38.3 Å². The van der Waals surface area contributed by atoms with Crippen LogP contribution in [0.15, 0.2) is 35.3 Å². The summed E-state index contributed by atoms with van der Waals surface area (Å²) in [6, 6.07) is 9.85. The molecule has 7 heteroatoms. The Morgan fingerprint density at radius 1 is 1.38 bits per heavy atom. The standard InChI is InChI=1S/C17H26N4O2.HI/c1-3-18-17(19-10-7-11-23-2)20-14-12-16(22)21(13-14)15-8-5-4-6-9-15;/h4-6,8-9,14H,3,7,10-13H2,1-2H3,(H2,18,19,20);1H. The van der Waals surface area contributed by atoms with Gasteiger partial charge in [0, 0.05) is 45.5 Å². The van der Waals surface area contributed by atoms with Gasteiger partial charge >= 0.3 is 0 Å². The van der Waals surface area contributed by atoms with E-state index in [9.17, 15) is 4.79 Å². The van der Waals surface area contributed by atoms with Crippen molar-refractivity contribution in [2.24, 2.45) is 4.99 Å². The molecule has 1 atom stereocenters. The predicted octanol–water partition coefficient (Wildman–Crippen LogP) is 2.00. The second kappa shape index (κ2) is 11.2. The van der Waals surface area contributed by atoms with Gasteiger partial charge in [0.1, 0.15) is 0 Å². The van der Waals surface area contributed by atoms with Crippen LogP contribution < -0.4 is 15.5 Å². The Kier molecular flexibility index (Phi) is 9.70. The van der Waals surface area contributed by atoms with Gasteiger partial charge in [0.2, 0.25) is 5.91 Å². The van der Waals surface area contributed by atoms with Gasteiger partial charge in [-0.2, -0.15) is 0 Å². The number of carbonyl (C=O) groups excluding carboxylic acids is 1. The maximum absolute atomic E-state index is 12.2. The number of guanidine groups is 1.